The van der Waals surface area contributed by atoms with Crippen molar-refractivity contribution in [3.05, 3.63) is 119 Å². The largest absolute Gasteiger partial charge is 0.496 e. The highest BCUT2D eigenvalue weighted by Crippen LogP contribution is 2.61. The van der Waals surface area contributed by atoms with Gasteiger partial charge in [0, 0.05) is 61.6 Å². The Morgan fingerprint density at radius 1 is 0.925 bits per heavy atom. The first-order chi connectivity index (χ1) is 32.1. The Labute approximate surface area is 397 Å². The molecular weight excluding hydrogens is 845 g/mol. The van der Waals surface area contributed by atoms with Gasteiger partial charge in [-0.1, -0.05) is 99.6 Å². The number of carbonyl (C=O) groups is 3. The van der Waals surface area contributed by atoms with E-state index < -0.39 is 36.9 Å². The summed E-state index contributed by atoms with van der Waals surface area (Å²) in [5, 5.41) is 22.1. The highest BCUT2D eigenvalue weighted by atomic mass is 16.7. The van der Waals surface area contributed by atoms with Crippen LogP contribution in [0.4, 0.5) is 10.5 Å². The number of aliphatic hydroxyl groups is 1. The van der Waals surface area contributed by atoms with Crippen molar-refractivity contribution in [3.8, 4) is 16.9 Å². The number of anilines is 1. The highest BCUT2D eigenvalue weighted by molar-refractivity contribution is 5.97. The molecule has 1 saturated heterocycles. The van der Waals surface area contributed by atoms with Crippen molar-refractivity contribution in [2.75, 3.05) is 59.9 Å². The van der Waals surface area contributed by atoms with E-state index >= 15 is 0 Å². The van der Waals surface area contributed by atoms with E-state index in [4.69, 9.17) is 14.3 Å². The molecule has 3 aliphatic carbocycles. The molecular formula is C54H72N6O7. The molecule has 4 fully saturated rings. The molecule has 2 bridgehead atoms. The lowest BCUT2D eigenvalue weighted by Crippen LogP contribution is -2.62. The third-order valence-electron chi connectivity index (χ3n) is 14.7. The standard InChI is InChI=1S/C54H72N6O7/c1-34-45-29-41(54(45,3)4)30-46(34)57-52(63)49-48(35(2)66-53(64)55-24-23-36-17-12-10-13-18-36)47(33-61)67-60(49)31-38-21-16-22-44(50(38)65-9)39-26-40(28-43(27-39)59(7)8)51(62)56-42(32-58(5)6)25-37-19-14-11-15-20-37/h10-22,26-28,34-35,41-42,45-49,61H,23-25,29-33H2,1-9H3,(H,55,64)(H,56,62)(H,57,63)/t34-,35-,41+,42-,45-,46-,47-,48+,49-/m0/s1. The van der Waals surface area contributed by atoms with Gasteiger partial charge in [0.25, 0.3) is 5.91 Å². The number of rotatable bonds is 19. The molecule has 4 aromatic carbocycles. The minimum absolute atomic E-state index is 0.0257. The maximum atomic E-state index is 14.9. The quantitative estimate of drug-likeness (QED) is 0.0779. The molecule has 0 spiro atoms. The Kier molecular flexibility index (Phi) is 16.0. The summed E-state index contributed by atoms with van der Waals surface area (Å²) < 4.78 is 12.2. The minimum Gasteiger partial charge on any atom is -0.496 e. The van der Waals surface area contributed by atoms with Crippen LogP contribution in [0.25, 0.3) is 11.1 Å². The number of para-hydroxylation sites is 1. The van der Waals surface area contributed by atoms with E-state index in [1.807, 2.05) is 118 Å². The topological polar surface area (TPSA) is 145 Å². The fourth-order valence-electron chi connectivity index (χ4n) is 11.0. The molecule has 13 heteroatoms. The van der Waals surface area contributed by atoms with Crippen molar-refractivity contribution in [1.82, 2.24) is 25.9 Å². The van der Waals surface area contributed by atoms with Crippen LogP contribution in [-0.2, 0) is 33.8 Å². The lowest BCUT2D eigenvalue weighted by atomic mass is 9.45. The smallest absolute Gasteiger partial charge is 0.407 e. The third-order valence-corrected chi connectivity index (χ3v) is 14.7. The van der Waals surface area contributed by atoms with Crippen molar-refractivity contribution >= 4 is 23.6 Å². The number of hydrogen-bond acceptors (Lipinski definition) is 10. The molecule has 3 amide bonds. The molecule has 4 aromatic rings. The number of amides is 3. The number of hydrogen-bond donors (Lipinski definition) is 4. The molecule has 1 heterocycles. The van der Waals surface area contributed by atoms with Crippen molar-refractivity contribution < 1.29 is 33.8 Å². The van der Waals surface area contributed by atoms with Crippen LogP contribution < -0.4 is 25.6 Å². The van der Waals surface area contributed by atoms with Gasteiger partial charge >= 0.3 is 6.09 Å². The molecule has 13 nitrogen and oxygen atoms in total. The number of aliphatic hydroxyl groups excluding tert-OH is 1. The first-order valence-electron chi connectivity index (χ1n) is 23.9. The summed E-state index contributed by atoms with van der Waals surface area (Å²) in [5.74, 6) is 0.736. The van der Waals surface area contributed by atoms with Crippen LogP contribution in [0, 0.1) is 29.1 Å². The summed E-state index contributed by atoms with van der Waals surface area (Å²) in [5.41, 5.74) is 6.07. The number of hydroxylamine groups is 2. The second-order valence-corrected chi connectivity index (χ2v) is 20.1. The van der Waals surface area contributed by atoms with Crippen LogP contribution in [-0.4, -0.2) is 118 Å². The first-order valence-corrected chi connectivity index (χ1v) is 23.9. The van der Waals surface area contributed by atoms with Crippen LogP contribution in [0.2, 0.25) is 0 Å². The maximum Gasteiger partial charge on any atom is 0.407 e. The van der Waals surface area contributed by atoms with Gasteiger partial charge < -0.3 is 40.3 Å². The number of carbonyl (C=O) groups excluding carboxylic acids is 3. The van der Waals surface area contributed by atoms with E-state index in [1.54, 1.807) is 19.1 Å². The van der Waals surface area contributed by atoms with Gasteiger partial charge in [-0.05, 0) is 105 Å². The molecule has 0 radical (unpaired) electrons. The molecule has 3 saturated carbocycles. The Bertz CT molecular complexity index is 2310. The number of fused-ring (bicyclic) bond motifs is 2. The third kappa shape index (κ3) is 11.5. The summed E-state index contributed by atoms with van der Waals surface area (Å²) in [6, 6.07) is 30.6. The van der Waals surface area contributed by atoms with Gasteiger partial charge in [0.05, 0.1) is 26.2 Å². The van der Waals surface area contributed by atoms with Crippen LogP contribution in [0.1, 0.15) is 67.6 Å². The zero-order chi connectivity index (χ0) is 48.0. The van der Waals surface area contributed by atoms with Crippen LogP contribution in [0.5, 0.6) is 5.75 Å². The molecule has 4 N–H and O–H groups in total. The number of likely N-dealkylation sites (N-methyl/N-ethyl adjacent to an activating group) is 1. The number of nitrogens with one attached hydrogen (secondary N) is 3. The molecule has 67 heavy (non-hydrogen) atoms. The van der Waals surface area contributed by atoms with Gasteiger partial charge in [-0.2, -0.15) is 5.06 Å². The first kappa shape index (κ1) is 49.4. The predicted molar refractivity (Wildman–Crippen MR) is 263 cm³/mol. The molecule has 1 aliphatic heterocycles. The van der Waals surface area contributed by atoms with E-state index in [2.05, 4.69) is 53.8 Å². The van der Waals surface area contributed by atoms with Crippen molar-refractivity contribution in [2.45, 2.75) is 90.3 Å². The fraction of sp³-hybridized carbons (Fsp3) is 0.500. The lowest BCUT2D eigenvalue weighted by molar-refractivity contribution is -0.183. The second-order valence-electron chi connectivity index (χ2n) is 20.1. The number of ether oxygens (including phenoxy) is 2. The maximum absolute atomic E-state index is 14.9. The summed E-state index contributed by atoms with van der Waals surface area (Å²) >= 11 is 0. The van der Waals surface area contributed by atoms with Gasteiger partial charge in [-0.25, -0.2) is 4.79 Å². The Morgan fingerprint density at radius 3 is 2.25 bits per heavy atom. The number of benzene rings is 4. The zero-order valence-corrected chi connectivity index (χ0v) is 40.8. The Morgan fingerprint density at radius 2 is 1.63 bits per heavy atom. The van der Waals surface area contributed by atoms with Gasteiger partial charge in [0.1, 0.15) is 24.0 Å². The van der Waals surface area contributed by atoms with Crippen LogP contribution >= 0.6 is 0 Å². The van der Waals surface area contributed by atoms with Crippen molar-refractivity contribution in [1.29, 1.82) is 0 Å². The van der Waals surface area contributed by atoms with Crippen LogP contribution in [0.15, 0.2) is 97.1 Å². The zero-order valence-electron chi connectivity index (χ0n) is 40.8. The predicted octanol–water partition coefficient (Wildman–Crippen LogP) is 6.97. The highest BCUT2D eigenvalue weighted by Gasteiger charge is 2.57. The second kappa shape index (κ2) is 21.7. The molecule has 8 rings (SSSR count). The van der Waals surface area contributed by atoms with Gasteiger partial charge in [0.15, 0.2) is 0 Å². The van der Waals surface area contributed by atoms with Crippen molar-refractivity contribution in [2.24, 2.45) is 29.1 Å². The fourth-order valence-corrected chi connectivity index (χ4v) is 11.0. The van der Waals surface area contributed by atoms with E-state index in [0.717, 1.165) is 39.9 Å². The summed E-state index contributed by atoms with van der Waals surface area (Å²) in [6.07, 6.45) is 1.12. The Balaban J connectivity index is 1.16. The molecule has 0 aromatic heterocycles. The van der Waals surface area contributed by atoms with E-state index in [-0.39, 0.29) is 41.8 Å². The number of alkyl carbamates (subject to hydrolysis) is 1. The summed E-state index contributed by atoms with van der Waals surface area (Å²) in [7, 11) is 9.50. The summed E-state index contributed by atoms with van der Waals surface area (Å²) in [6.45, 7) is 9.42. The Hall–Kier alpha value is -5.47. The summed E-state index contributed by atoms with van der Waals surface area (Å²) in [4.78, 5) is 52.9. The monoisotopic (exact) mass is 917 g/mol. The average Bonchev–Trinajstić information content (AvgIpc) is 3.68. The lowest BCUT2D eigenvalue weighted by Gasteiger charge is -2.62. The normalized spacial score (nSPS) is 24.0. The van der Waals surface area contributed by atoms with E-state index in [9.17, 15) is 19.5 Å². The SMILES string of the molecule is COc1c(CN2O[C@@H](CO)[C@@H]([C@H](C)OC(=O)NCCc3ccccc3)[C@H]2C(=O)N[C@H]2C[C@H]3C[C@@H]([C@@H]2C)C3(C)C)cccc1-c1cc(C(=O)N[C@@H](Cc2ccccc2)CN(C)C)cc(N(C)C)c1. The average molecular weight is 917 g/mol. The number of nitrogens with zero attached hydrogens (tertiary/aromatic N) is 3. The van der Waals surface area contributed by atoms with Crippen molar-refractivity contribution in [3.63, 3.8) is 0 Å². The van der Waals surface area contributed by atoms with Gasteiger partial charge in [-0.3, -0.25) is 14.4 Å². The van der Waals surface area contributed by atoms with E-state index in [0.29, 0.717) is 49.1 Å². The van der Waals surface area contributed by atoms with E-state index in [1.165, 1.54) is 6.42 Å². The molecule has 0 unspecified atom stereocenters. The number of methoxy groups -OCH3 is 1. The van der Waals surface area contributed by atoms with Gasteiger partial charge in [0.2, 0.25) is 5.91 Å². The molecule has 360 valence electrons. The van der Waals surface area contributed by atoms with Crippen LogP contribution in [0.3, 0.4) is 0 Å². The van der Waals surface area contributed by atoms with Gasteiger partial charge in [-0.15, -0.1) is 0 Å². The minimum atomic E-state index is -0.922. The molecule has 9 atom stereocenters. The molecule has 4 aliphatic rings.